The van der Waals surface area contributed by atoms with E-state index >= 15 is 0 Å². The summed E-state index contributed by atoms with van der Waals surface area (Å²) in [5.41, 5.74) is 0. The van der Waals surface area contributed by atoms with Crippen LogP contribution in [0, 0.1) is 0 Å². The minimum atomic E-state index is 0. The topological polar surface area (TPSA) is 99.4 Å². The first kappa shape index (κ1) is 29.7. The number of hydrogen-bond acceptors (Lipinski definition) is 7. The molecule has 0 amide bonds. The molecule has 0 aromatic rings. The van der Waals surface area contributed by atoms with Crippen LogP contribution in [-0.4, -0.2) is 110 Å². The SMILES string of the molecule is C.C.CN(CCO)CCO.CNCCCN(CCO)CCO. The molecule has 7 heteroatoms. The molecule has 7 nitrogen and oxygen atoms in total. The van der Waals surface area contributed by atoms with Crippen molar-refractivity contribution in [3.8, 4) is 0 Å². The lowest BCUT2D eigenvalue weighted by molar-refractivity contribution is 0.160. The zero-order valence-electron chi connectivity index (χ0n) is 13.0. The molecule has 5 N–H and O–H groups in total. The van der Waals surface area contributed by atoms with Gasteiger partial charge in [0.25, 0.3) is 0 Å². The van der Waals surface area contributed by atoms with E-state index in [1.54, 1.807) is 0 Å². The molecule has 0 atom stereocenters. The third-order valence-electron chi connectivity index (χ3n) is 2.70. The van der Waals surface area contributed by atoms with Crippen molar-refractivity contribution >= 4 is 0 Å². The first-order valence-corrected chi connectivity index (χ1v) is 7.15. The Morgan fingerprint density at radius 2 is 1.14 bits per heavy atom. The zero-order chi connectivity index (χ0) is 15.6. The van der Waals surface area contributed by atoms with Gasteiger partial charge in [0.15, 0.2) is 0 Å². The summed E-state index contributed by atoms with van der Waals surface area (Å²) >= 11 is 0. The lowest BCUT2D eigenvalue weighted by Crippen LogP contribution is -2.32. The highest BCUT2D eigenvalue weighted by atomic mass is 16.3. The molecule has 0 aliphatic rings. The van der Waals surface area contributed by atoms with E-state index in [-0.39, 0.29) is 41.3 Å². The second-order valence-electron chi connectivity index (χ2n) is 4.50. The fourth-order valence-corrected chi connectivity index (χ4v) is 1.55. The Morgan fingerprint density at radius 1 is 0.727 bits per heavy atom. The number of nitrogens with zero attached hydrogens (tertiary/aromatic N) is 2. The highest BCUT2D eigenvalue weighted by molar-refractivity contribution is 4.57. The van der Waals surface area contributed by atoms with Crippen LogP contribution >= 0.6 is 0 Å². The van der Waals surface area contributed by atoms with Gasteiger partial charge in [0.05, 0.1) is 26.4 Å². The number of likely N-dealkylation sites (N-methyl/N-ethyl adjacent to an activating group) is 1. The Kier molecular flexibility index (Phi) is 34.6. The lowest BCUT2D eigenvalue weighted by Gasteiger charge is -2.19. The van der Waals surface area contributed by atoms with Crippen molar-refractivity contribution in [1.29, 1.82) is 0 Å². The van der Waals surface area contributed by atoms with E-state index in [1.165, 1.54) is 0 Å². The highest BCUT2D eigenvalue weighted by Gasteiger charge is 2.01. The smallest absolute Gasteiger partial charge is 0.0558 e. The maximum atomic E-state index is 8.68. The van der Waals surface area contributed by atoms with Crippen LogP contribution in [0.1, 0.15) is 21.3 Å². The lowest BCUT2D eigenvalue weighted by atomic mass is 10.3. The van der Waals surface area contributed by atoms with Gasteiger partial charge < -0.3 is 30.6 Å². The van der Waals surface area contributed by atoms with Crippen molar-refractivity contribution in [2.24, 2.45) is 0 Å². The molecule has 0 saturated carbocycles. The van der Waals surface area contributed by atoms with Gasteiger partial charge in [-0.1, -0.05) is 14.9 Å². The van der Waals surface area contributed by atoms with Gasteiger partial charge in [-0.15, -0.1) is 0 Å². The molecular weight excluding hydrogens is 286 g/mol. The fraction of sp³-hybridized carbons (Fsp3) is 1.00. The van der Waals surface area contributed by atoms with Gasteiger partial charge >= 0.3 is 0 Å². The van der Waals surface area contributed by atoms with E-state index in [0.717, 1.165) is 19.5 Å². The summed E-state index contributed by atoms with van der Waals surface area (Å²) in [7, 11) is 3.77. The van der Waals surface area contributed by atoms with Crippen LogP contribution in [-0.2, 0) is 0 Å². The first-order chi connectivity index (χ1) is 9.65. The fourth-order valence-electron chi connectivity index (χ4n) is 1.55. The summed E-state index contributed by atoms with van der Waals surface area (Å²) in [4.78, 5) is 3.91. The summed E-state index contributed by atoms with van der Waals surface area (Å²) in [6.07, 6.45) is 1.05. The van der Waals surface area contributed by atoms with Crippen molar-refractivity contribution in [2.45, 2.75) is 21.3 Å². The van der Waals surface area contributed by atoms with E-state index in [0.29, 0.717) is 26.2 Å². The molecule has 22 heavy (non-hydrogen) atoms. The van der Waals surface area contributed by atoms with Crippen LogP contribution in [0.4, 0.5) is 0 Å². The molecule has 0 aromatic carbocycles. The van der Waals surface area contributed by atoms with Gasteiger partial charge in [-0.05, 0) is 33.6 Å². The summed E-state index contributed by atoms with van der Waals surface area (Å²) in [5, 5.41) is 37.1. The van der Waals surface area contributed by atoms with Crippen LogP contribution in [0.15, 0.2) is 0 Å². The van der Waals surface area contributed by atoms with Gasteiger partial charge in [-0.3, -0.25) is 4.90 Å². The monoisotopic (exact) mass is 327 g/mol. The summed E-state index contributed by atoms with van der Waals surface area (Å²) < 4.78 is 0. The number of hydrogen-bond donors (Lipinski definition) is 5. The van der Waals surface area contributed by atoms with Crippen molar-refractivity contribution < 1.29 is 20.4 Å². The van der Waals surface area contributed by atoms with Gasteiger partial charge in [-0.2, -0.15) is 0 Å². The van der Waals surface area contributed by atoms with Crippen molar-refractivity contribution in [3.63, 3.8) is 0 Å². The van der Waals surface area contributed by atoms with Crippen molar-refractivity contribution in [3.05, 3.63) is 0 Å². The van der Waals surface area contributed by atoms with Crippen LogP contribution in [0.3, 0.4) is 0 Å². The van der Waals surface area contributed by atoms with Crippen LogP contribution in [0.5, 0.6) is 0 Å². The Morgan fingerprint density at radius 3 is 1.45 bits per heavy atom. The Bertz CT molecular complexity index is 165. The van der Waals surface area contributed by atoms with Crippen LogP contribution in [0.2, 0.25) is 0 Å². The molecular formula is C15H41N3O4. The molecule has 0 unspecified atom stereocenters. The Balaban J connectivity index is -0.000000144. The van der Waals surface area contributed by atoms with Crippen molar-refractivity contribution in [2.75, 3.05) is 79.8 Å². The maximum absolute atomic E-state index is 8.68. The number of nitrogens with one attached hydrogen (secondary N) is 1. The molecule has 0 heterocycles. The molecule has 0 saturated heterocycles. The molecule has 0 aromatic heterocycles. The average Bonchev–Trinajstić information content (AvgIpc) is 2.41. The number of aliphatic hydroxyl groups is 4. The summed E-state index contributed by atoms with van der Waals surface area (Å²) in [5.74, 6) is 0. The largest absolute Gasteiger partial charge is 0.395 e. The molecule has 0 aliphatic carbocycles. The highest BCUT2D eigenvalue weighted by Crippen LogP contribution is 1.89. The van der Waals surface area contributed by atoms with Gasteiger partial charge in [-0.25, -0.2) is 0 Å². The predicted molar refractivity (Wildman–Crippen MR) is 94.3 cm³/mol. The predicted octanol–water partition coefficient (Wildman–Crippen LogP) is -0.942. The number of aliphatic hydroxyl groups excluding tert-OH is 4. The van der Waals surface area contributed by atoms with Gasteiger partial charge in [0.2, 0.25) is 0 Å². The van der Waals surface area contributed by atoms with E-state index < -0.39 is 0 Å². The Labute approximate surface area is 137 Å². The normalized spacial score (nSPS) is 9.82. The van der Waals surface area contributed by atoms with Crippen LogP contribution < -0.4 is 5.32 Å². The van der Waals surface area contributed by atoms with Crippen LogP contribution in [0.25, 0.3) is 0 Å². The average molecular weight is 328 g/mol. The third-order valence-corrected chi connectivity index (χ3v) is 2.70. The summed E-state index contributed by atoms with van der Waals surface area (Å²) in [6.45, 7) is 5.16. The van der Waals surface area contributed by atoms with E-state index in [9.17, 15) is 0 Å². The molecule has 0 bridgehead atoms. The van der Waals surface area contributed by atoms with E-state index in [4.69, 9.17) is 20.4 Å². The van der Waals surface area contributed by atoms with E-state index in [2.05, 4.69) is 10.2 Å². The van der Waals surface area contributed by atoms with Crippen molar-refractivity contribution in [1.82, 2.24) is 15.1 Å². The van der Waals surface area contributed by atoms with Gasteiger partial charge in [0, 0.05) is 26.2 Å². The minimum Gasteiger partial charge on any atom is -0.395 e. The second kappa shape index (κ2) is 25.7. The minimum absolute atomic E-state index is 0. The molecule has 0 spiro atoms. The van der Waals surface area contributed by atoms with Gasteiger partial charge in [0.1, 0.15) is 0 Å². The Hall–Kier alpha value is -0.280. The standard InChI is InChI=1S/C8H20N2O2.C5H13NO2.2CH4/c1-9-3-2-4-10(5-7-11)6-8-12;1-6(2-4-7)3-5-8;;/h9,11-12H,2-8H2,1H3;7-8H,2-5H2,1H3;2*1H4. The molecule has 0 rings (SSSR count). The maximum Gasteiger partial charge on any atom is 0.0558 e. The first-order valence-electron chi connectivity index (χ1n) is 7.15. The quantitative estimate of drug-likeness (QED) is 0.295. The molecule has 0 fully saturated rings. The van der Waals surface area contributed by atoms with E-state index in [1.807, 2.05) is 19.0 Å². The second-order valence-corrected chi connectivity index (χ2v) is 4.50. The third kappa shape index (κ3) is 24.7. The molecule has 140 valence electrons. The summed E-state index contributed by atoms with van der Waals surface area (Å²) in [6, 6.07) is 0. The zero-order valence-corrected chi connectivity index (χ0v) is 13.0. The molecule has 0 aliphatic heterocycles. The molecule has 0 radical (unpaired) electrons. The number of rotatable bonds is 12.